The van der Waals surface area contributed by atoms with Gasteiger partial charge in [0.1, 0.15) is 11.4 Å². The number of urea groups is 1. The average molecular weight is 346 g/mol. The Morgan fingerprint density at radius 1 is 1.36 bits per heavy atom. The van der Waals surface area contributed by atoms with Crippen LogP contribution in [0.3, 0.4) is 0 Å². The molecule has 1 N–H and O–H groups in total. The van der Waals surface area contributed by atoms with Crippen molar-refractivity contribution in [2.75, 3.05) is 20.3 Å². The van der Waals surface area contributed by atoms with Crippen LogP contribution in [-0.2, 0) is 11.2 Å². The molecule has 1 aromatic carbocycles. The highest BCUT2D eigenvalue weighted by Gasteiger charge is 2.31. The van der Waals surface area contributed by atoms with Crippen LogP contribution in [0, 0.1) is 0 Å². The number of fused-ring (bicyclic) bond motifs is 1. The molecule has 2 aliphatic heterocycles. The van der Waals surface area contributed by atoms with E-state index in [9.17, 15) is 4.79 Å². The molecule has 2 amide bonds. The molecule has 3 rings (SSSR count). The summed E-state index contributed by atoms with van der Waals surface area (Å²) in [5.41, 5.74) is 2.24. The van der Waals surface area contributed by atoms with Crippen molar-refractivity contribution in [1.82, 2.24) is 10.2 Å². The van der Waals surface area contributed by atoms with Crippen LogP contribution >= 0.6 is 0 Å². The maximum atomic E-state index is 12.7. The quantitative estimate of drug-likeness (QED) is 0.905. The van der Waals surface area contributed by atoms with Gasteiger partial charge in [-0.25, -0.2) is 4.79 Å². The summed E-state index contributed by atoms with van der Waals surface area (Å²) >= 11 is 0. The van der Waals surface area contributed by atoms with Gasteiger partial charge in [0.15, 0.2) is 0 Å². The van der Waals surface area contributed by atoms with Crippen molar-refractivity contribution in [3.8, 4) is 5.75 Å². The van der Waals surface area contributed by atoms with Gasteiger partial charge < -0.3 is 19.7 Å². The fourth-order valence-electron chi connectivity index (χ4n) is 3.76. The molecule has 5 nitrogen and oxygen atoms in total. The Kier molecular flexibility index (Phi) is 5.23. The highest BCUT2D eigenvalue weighted by atomic mass is 16.5. The number of amides is 2. The Labute approximate surface area is 150 Å². The molecule has 0 spiro atoms. The summed E-state index contributed by atoms with van der Waals surface area (Å²) in [7, 11) is 1.89. The summed E-state index contributed by atoms with van der Waals surface area (Å²) < 4.78 is 11.3. The van der Waals surface area contributed by atoms with Gasteiger partial charge in [0, 0.05) is 32.7 Å². The maximum Gasteiger partial charge on any atom is 0.317 e. The van der Waals surface area contributed by atoms with E-state index in [1.165, 1.54) is 5.56 Å². The van der Waals surface area contributed by atoms with Gasteiger partial charge in [-0.2, -0.15) is 0 Å². The molecule has 0 radical (unpaired) electrons. The molecule has 138 valence electrons. The summed E-state index contributed by atoms with van der Waals surface area (Å²) in [5.74, 6) is 0.967. The van der Waals surface area contributed by atoms with Crippen molar-refractivity contribution in [3.05, 3.63) is 29.3 Å². The molecule has 2 aliphatic rings. The van der Waals surface area contributed by atoms with E-state index in [0.717, 1.165) is 50.2 Å². The first-order valence-corrected chi connectivity index (χ1v) is 9.32. The summed E-state index contributed by atoms with van der Waals surface area (Å²) in [6, 6.07) is 6.58. The lowest BCUT2D eigenvalue weighted by Crippen LogP contribution is -2.46. The van der Waals surface area contributed by atoms with Gasteiger partial charge in [0.2, 0.25) is 0 Å². The molecule has 5 heteroatoms. The van der Waals surface area contributed by atoms with Crippen molar-refractivity contribution in [2.24, 2.45) is 0 Å². The van der Waals surface area contributed by atoms with Gasteiger partial charge in [-0.3, -0.25) is 0 Å². The molecule has 0 unspecified atom stereocenters. The SMILES string of the molecule is CC[C@H](NC(=O)N(C)C1CCOCC1)c1ccc2c(c1)CC(C)(C)O2. The van der Waals surface area contributed by atoms with Gasteiger partial charge in [0.25, 0.3) is 0 Å². The van der Waals surface area contributed by atoms with Crippen molar-refractivity contribution < 1.29 is 14.3 Å². The number of benzene rings is 1. The minimum Gasteiger partial charge on any atom is -0.487 e. The van der Waals surface area contributed by atoms with Crippen LogP contribution in [0.4, 0.5) is 4.79 Å². The zero-order valence-electron chi connectivity index (χ0n) is 15.8. The summed E-state index contributed by atoms with van der Waals surface area (Å²) in [6.45, 7) is 7.79. The molecule has 0 bridgehead atoms. The molecular formula is C20H30N2O3. The Balaban J connectivity index is 1.67. The monoisotopic (exact) mass is 346 g/mol. The van der Waals surface area contributed by atoms with Crippen molar-refractivity contribution >= 4 is 6.03 Å². The lowest BCUT2D eigenvalue weighted by Gasteiger charge is -2.32. The second kappa shape index (κ2) is 7.24. The second-order valence-electron chi connectivity index (χ2n) is 7.77. The molecule has 0 aromatic heterocycles. The number of rotatable bonds is 4. The summed E-state index contributed by atoms with van der Waals surface area (Å²) in [4.78, 5) is 14.5. The lowest BCUT2D eigenvalue weighted by molar-refractivity contribution is 0.0521. The minimum atomic E-state index is -0.144. The van der Waals surface area contributed by atoms with Gasteiger partial charge >= 0.3 is 6.03 Å². The van der Waals surface area contributed by atoms with Crippen LogP contribution in [0.2, 0.25) is 0 Å². The number of hydrogen-bond acceptors (Lipinski definition) is 3. The smallest absolute Gasteiger partial charge is 0.317 e. The standard InChI is InChI=1S/C20H30N2O3/c1-5-17(21-19(23)22(4)16-8-10-24-11-9-16)14-6-7-18-15(12-14)13-20(2,3)25-18/h6-7,12,16-17H,5,8-11,13H2,1-4H3,(H,21,23)/t17-/m0/s1. The molecule has 1 fully saturated rings. The highest BCUT2D eigenvalue weighted by molar-refractivity contribution is 5.74. The third-order valence-corrected chi connectivity index (χ3v) is 5.25. The van der Waals surface area contributed by atoms with E-state index in [4.69, 9.17) is 9.47 Å². The molecule has 0 saturated carbocycles. The average Bonchev–Trinajstić information content (AvgIpc) is 2.92. The minimum absolute atomic E-state index is 0.00386. The van der Waals surface area contributed by atoms with Gasteiger partial charge in [0.05, 0.1) is 6.04 Å². The van der Waals surface area contributed by atoms with Crippen LogP contribution in [0.25, 0.3) is 0 Å². The van der Waals surface area contributed by atoms with Gasteiger partial charge in [-0.1, -0.05) is 13.0 Å². The Hall–Kier alpha value is -1.75. The molecule has 2 heterocycles. The third-order valence-electron chi connectivity index (χ3n) is 5.25. The number of nitrogens with one attached hydrogen (secondary N) is 1. The van der Waals surface area contributed by atoms with E-state index >= 15 is 0 Å². The first-order chi connectivity index (χ1) is 11.9. The topological polar surface area (TPSA) is 50.8 Å². The van der Waals surface area contributed by atoms with E-state index in [1.54, 1.807) is 0 Å². The fourth-order valence-corrected chi connectivity index (χ4v) is 3.76. The zero-order valence-corrected chi connectivity index (χ0v) is 15.8. The first kappa shape index (κ1) is 18.1. The van der Waals surface area contributed by atoms with Crippen molar-refractivity contribution in [2.45, 2.75) is 64.1 Å². The molecule has 0 aliphatic carbocycles. The van der Waals surface area contributed by atoms with Crippen LogP contribution in [-0.4, -0.2) is 42.8 Å². The Morgan fingerprint density at radius 3 is 2.76 bits per heavy atom. The summed E-state index contributed by atoms with van der Waals surface area (Å²) in [5, 5.41) is 3.20. The maximum absolute atomic E-state index is 12.7. The molecule has 1 aromatic rings. The van der Waals surface area contributed by atoms with Gasteiger partial charge in [-0.05, 0) is 56.4 Å². The fraction of sp³-hybridized carbons (Fsp3) is 0.650. The van der Waals surface area contributed by atoms with Crippen LogP contribution in [0.5, 0.6) is 5.75 Å². The predicted molar refractivity (Wildman–Crippen MR) is 98.0 cm³/mol. The number of ether oxygens (including phenoxy) is 2. The molecule has 25 heavy (non-hydrogen) atoms. The number of nitrogens with zero attached hydrogens (tertiary/aromatic N) is 1. The highest BCUT2D eigenvalue weighted by Crippen LogP contribution is 2.36. The van der Waals surface area contributed by atoms with E-state index in [1.807, 2.05) is 18.0 Å². The van der Waals surface area contributed by atoms with E-state index in [0.29, 0.717) is 0 Å². The molecule has 1 saturated heterocycles. The lowest BCUT2D eigenvalue weighted by atomic mass is 9.97. The first-order valence-electron chi connectivity index (χ1n) is 9.32. The normalized spacial score (nSPS) is 20.5. The van der Waals surface area contributed by atoms with Crippen LogP contribution in [0.1, 0.15) is 57.2 Å². The van der Waals surface area contributed by atoms with Crippen LogP contribution in [0.15, 0.2) is 18.2 Å². The van der Waals surface area contributed by atoms with E-state index in [2.05, 4.69) is 38.2 Å². The van der Waals surface area contributed by atoms with E-state index < -0.39 is 0 Å². The van der Waals surface area contributed by atoms with Crippen molar-refractivity contribution in [1.29, 1.82) is 0 Å². The molecular weight excluding hydrogens is 316 g/mol. The van der Waals surface area contributed by atoms with Crippen molar-refractivity contribution in [3.63, 3.8) is 0 Å². The number of hydrogen-bond donors (Lipinski definition) is 1. The largest absolute Gasteiger partial charge is 0.487 e. The third kappa shape index (κ3) is 4.09. The summed E-state index contributed by atoms with van der Waals surface area (Å²) in [6.07, 6.45) is 3.58. The predicted octanol–water partition coefficient (Wildman–Crippen LogP) is 3.67. The van der Waals surface area contributed by atoms with Crippen LogP contribution < -0.4 is 10.1 Å². The second-order valence-corrected chi connectivity index (χ2v) is 7.77. The number of carbonyl (C=O) groups excluding carboxylic acids is 1. The van der Waals surface area contributed by atoms with E-state index in [-0.39, 0.29) is 23.7 Å². The Morgan fingerprint density at radius 2 is 2.08 bits per heavy atom. The zero-order chi connectivity index (χ0) is 18.0. The number of carbonyl (C=O) groups is 1. The Bertz CT molecular complexity index is 623. The molecule has 1 atom stereocenters. The van der Waals surface area contributed by atoms with Gasteiger partial charge in [-0.15, -0.1) is 0 Å².